The maximum atomic E-state index is 5.62. The van der Waals surface area contributed by atoms with Crippen LogP contribution >= 0.6 is 28.1 Å². The molecule has 0 radical (unpaired) electrons. The first kappa shape index (κ1) is 8.49. The molecule has 1 aromatic rings. The number of rotatable bonds is 1. The van der Waals surface area contributed by atoms with E-state index in [1.165, 1.54) is 0 Å². The lowest BCUT2D eigenvalue weighted by molar-refractivity contribution is 1.57. The highest BCUT2D eigenvalue weighted by atomic mass is 79.9. The van der Waals surface area contributed by atoms with Crippen LogP contribution in [0.4, 0.5) is 5.69 Å². The summed E-state index contributed by atoms with van der Waals surface area (Å²) in [5, 5.41) is 0. The maximum absolute atomic E-state index is 5.62. The van der Waals surface area contributed by atoms with Gasteiger partial charge in [0.15, 0.2) is 0 Å². The Morgan fingerprint density at radius 2 is 2.09 bits per heavy atom. The molecule has 0 saturated heterocycles. The monoisotopic (exact) mass is 230 g/mol. The zero-order valence-electron chi connectivity index (χ0n) is 5.67. The summed E-state index contributed by atoms with van der Waals surface area (Å²) in [6.45, 7) is 0. The topological polar surface area (TPSA) is 52.0 Å². The molecule has 1 aromatic carbocycles. The summed E-state index contributed by atoms with van der Waals surface area (Å²) in [6.07, 6.45) is 0. The molecule has 0 amide bonds. The van der Waals surface area contributed by atoms with Gasteiger partial charge < -0.3 is 11.5 Å². The lowest BCUT2D eigenvalue weighted by Crippen LogP contribution is -2.12. The standard InChI is InChI=1S/C7H7BrN2S/c8-4-2-1-3-5(9)6(4)7(10)11/h1-3H,9H2,(H2,10,11). The molecule has 11 heavy (non-hydrogen) atoms. The van der Waals surface area contributed by atoms with Crippen LogP contribution in [-0.2, 0) is 0 Å². The van der Waals surface area contributed by atoms with Gasteiger partial charge in [0.05, 0.1) is 0 Å². The van der Waals surface area contributed by atoms with Crippen molar-refractivity contribution in [1.82, 2.24) is 0 Å². The average molecular weight is 231 g/mol. The normalized spacial score (nSPS) is 9.55. The van der Waals surface area contributed by atoms with E-state index in [0.29, 0.717) is 16.2 Å². The number of benzene rings is 1. The van der Waals surface area contributed by atoms with Crippen LogP contribution in [0.2, 0.25) is 0 Å². The van der Waals surface area contributed by atoms with Gasteiger partial charge in [0.25, 0.3) is 0 Å². The van der Waals surface area contributed by atoms with Gasteiger partial charge in [-0.1, -0.05) is 18.3 Å². The number of anilines is 1. The van der Waals surface area contributed by atoms with Gasteiger partial charge in [0, 0.05) is 15.7 Å². The number of hydrogen-bond acceptors (Lipinski definition) is 2. The lowest BCUT2D eigenvalue weighted by Gasteiger charge is -2.04. The first-order valence-electron chi connectivity index (χ1n) is 2.96. The van der Waals surface area contributed by atoms with Crippen molar-refractivity contribution < 1.29 is 0 Å². The summed E-state index contributed by atoms with van der Waals surface area (Å²) in [5.74, 6) is 0. The fraction of sp³-hybridized carbons (Fsp3) is 0. The number of nitrogen functional groups attached to an aromatic ring is 1. The van der Waals surface area contributed by atoms with Gasteiger partial charge >= 0.3 is 0 Å². The van der Waals surface area contributed by atoms with Crippen molar-refractivity contribution >= 4 is 38.8 Å². The van der Waals surface area contributed by atoms with Gasteiger partial charge in [-0.3, -0.25) is 0 Å². The van der Waals surface area contributed by atoms with Crippen LogP contribution in [0.1, 0.15) is 5.56 Å². The predicted octanol–water partition coefficient (Wildman–Crippen LogP) is 1.67. The molecular formula is C7H7BrN2S. The average Bonchev–Trinajstić information content (AvgIpc) is 1.85. The molecule has 4 N–H and O–H groups in total. The third kappa shape index (κ3) is 1.70. The molecule has 0 unspecified atom stereocenters. The minimum absolute atomic E-state index is 0.315. The summed E-state index contributed by atoms with van der Waals surface area (Å²) in [4.78, 5) is 0.315. The smallest absolute Gasteiger partial charge is 0.107 e. The molecule has 2 nitrogen and oxygen atoms in total. The van der Waals surface area contributed by atoms with Gasteiger partial charge in [-0.05, 0) is 28.1 Å². The number of hydrogen-bond donors (Lipinski definition) is 2. The quantitative estimate of drug-likeness (QED) is 0.571. The zero-order chi connectivity index (χ0) is 8.43. The van der Waals surface area contributed by atoms with Crippen LogP contribution in [-0.4, -0.2) is 4.99 Å². The van der Waals surface area contributed by atoms with Crippen molar-refractivity contribution in [3.8, 4) is 0 Å². The van der Waals surface area contributed by atoms with Crippen LogP contribution < -0.4 is 11.5 Å². The zero-order valence-corrected chi connectivity index (χ0v) is 8.08. The van der Waals surface area contributed by atoms with Gasteiger partial charge in [0.2, 0.25) is 0 Å². The largest absolute Gasteiger partial charge is 0.398 e. The Morgan fingerprint density at radius 3 is 2.45 bits per heavy atom. The first-order valence-corrected chi connectivity index (χ1v) is 4.17. The molecule has 0 aromatic heterocycles. The van der Waals surface area contributed by atoms with E-state index >= 15 is 0 Å². The van der Waals surface area contributed by atoms with E-state index in [-0.39, 0.29) is 0 Å². The minimum atomic E-state index is 0.315. The van der Waals surface area contributed by atoms with Gasteiger partial charge in [0.1, 0.15) is 4.99 Å². The molecule has 0 aliphatic heterocycles. The Balaban J connectivity index is 3.32. The van der Waals surface area contributed by atoms with Crippen LogP contribution in [0.15, 0.2) is 22.7 Å². The molecule has 0 fully saturated rings. The van der Waals surface area contributed by atoms with Gasteiger partial charge in [-0.15, -0.1) is 0 Å². The highest BCUT2D eigenvalue weighted by molar-refractivity contribution is 9.10. The molecule has 0 heterocycles. The Morgan fingerprint density at radius 1 is 1.45 bits per heavy atom. The van der Waals surface area contributed by atoms with Crippen LogP contribution in [0, 0.1) is 0 Å². The maximum Gasteiger partial charge on any atom is 0.107 e. The molecule has 4 heteroatoms. The third-order valence-electron chi connectivity index (χ3n) is 1.29. The third-order valence-corrected chi connectivity index (χ3v) is 2.16. The van der Waals surface area contributed by atoms with Crippen molar-refractivity contribution in [1.29, 1.82) is 0 Å². The summed E-state index contributed by atoms with van der Waals surface area (Å²) >= 11 is 8.10. The second-order valence-electron chi connectivity index (χ2n) is 2.07. The highest BCUT2D eigenvalue weighted by Crippen LogP contribution is 2.21. The molecule has 0 aliphatic rings. The van der Waals surface area contributed by atoms with Crippen molar-refractivity contribution in [3.63, 3.8) is 0 Å². The molecule has 0 saturated carbocycles. The predicted molar refractivity (Wildman–Crippen MR) is 54.4 cm³/mol. The number of nitrogens with two attached hydrogens (primary N) is 2. The number of thiocarbonyl (C=S) groups is 1. The van der Waals surface area contributed by atoms with E-state index in [1.54, 1.807) is 6.07 Å². The van der Waals surface area contributed by atoms with Crippen molar-refractivity contribution in [2.24, 2.45) is 5.73 Å². The second-order valence-corrected chi connectivity index (χ2v) is 3.36. The lowest BCUT2D eigenvalue weighted by atomic mass is 10.2. The van der Waals surface area contributed by atoms with Crippen molar-refractivity contribution in [2.75, 3.05) is 5.73 Å². The van der Waals surface area contributed by atoms with Crippen LogP contribution in [0.3, 0.4) is 0 Å². The fourth-order valence-electron chi connectivity index (χ4n) is 0.801. The minimum Gasteiger partial charge on any atom is -0.398 e. The van der Waals surface area contributed by atoms with E-state index in [4.69, 9.17) is 23.7 Å². The fourth-order valence-corrected chi connectivity index (χ4v) is 1.75. The molecular weight excluding hydrogens is 224 g/mol. The summed E-state index contributed by atoms with van der Waals surface area (Å²) < 4.78 is 0.838. The summed E-state index contributed by atoms with van der Waals surface area (Å²) in [5.41, 5.74) is 12.4. The second kappa shape index (κ2) is 3.19. The Bertz CT molecular complexity index is 278. The van der Waals surface area contributed by atoms with Gasteiger partial charge in [-0.2, -0.15) is 0 Å². The SMILES string of the molecule is NC(=S)c1c(N)cccc1Br. The molecule has 0 atom stereocenters. The molecule has 0 spiro atoms. The molecule has 0 bridgehead atoms. The van der Waals surface area contributed by atoms with E-state index in [9.17, 15) is 0 Å². The molecule has 58 valence electrons. The Hall–Kier alpha value is -0.610. The van der Waals surface area contributed by atoms with Crippen molar-refractivity contribution in [3.05, 3.63) is 28.2 Å². The molecule has 0 aliphatic carbocycles. The van der Waals surface area contributed by atoms with E-state index in [2.05, 4.69) is 15.9 Å². The van der Waals surface area contributed by atoms with Crippen LogP contribution in [0.25, 0.3) is 0 Å². The summed E-state index contributed by atoms with van der Waals surface area (Å²) in [7, 11) is 0. The summed E-state index contributed by atoms with van der Waals surface area (Å²) in [6, 6.07) is 5.45. The highest BCUT2D eigenvalue weighted by Gasteiger charge is 2.05. The van der Waals surface area contributed by atoms with E-state index in [0.717, 1.165) is 4.47 Å². The van der Waals surface area contributed by atoms with Crippen LogP contribution in [0.5, 0.6) is 0 Å². The molecule has 1 rings (SSSR count). The van der Waals surface area contributed by atoms with Gasteiger partial charge in [-0.25, -0.2) is 0 Å². The van der Waals surface area contributed by atoms with Crippen molar-refractivity contribution in [2.45, 2.75) is 0 Å². The first-order chi connectivity index (χ1) is 5.13. The van der Waals surface area contributed by atoms with E-state index in [1.807, 2.05) is 12.1 Å². The van der Waals surface area contributed by atoms with E-state index < -0.39 is 0 Å². The number of halogens is 1. The Kier molecular flexibility index (Phi) is 2.46. The Labute approximate surface area is 78.7 Å².